The third-order valence-corrected chi connectivity index (χ3v) is 5.29. The van der Waals surface area contributed by atoms with Crippen molar-refractivity contribution in [3.63, 3.8) is 0 Å². The Balaban J connectivity index is 1.52. The van der Waals surface area contributed by atoms with Crippen LogP contribution in [0.4, 0.5) is 0 Å². The highest BCUT2D eigenvalue weighted by molar-refractivity contribution is 5.76. The molecule has 0 aliphatic rings. The Hall–Kier alpha value is -3.91. The summed E-state index contributed by atoms with van der Waals surface area (Å²) in [5.74, 6) is 0.605. The van der Waals surface area contributed by atoms with Gasteiger partial charge in [-0.1, -0.05) is 12.1 Å². The van der Waals surface area contributed by atoms with Crippen molar-refractivity contribution in [1.29, 1.82) is 0 Å². The van der Waals surface area contributed by atoms with E-state index in [9.17, 15) is 9.90 Å². The number of aryl methyl sites for hydroxylation is 1. The number of hydrogen-bond acceptors (Lipinski definition) is 5. The number of para-hydroxylation sites is 2. The Morgan fingerprint density at radius 1 is 1.00 bits per heavy atom. The first-order chi connectivity index (χ1) is 15.3. The number of ether oxygens (including phenoxy) is 1. The lowest BCUT2D eigenvalue weighted by Crippen LogP contribution is -2.33. The van der Waals surface area contributed by atoms with Crippen LogP contribution in [-0.2, 0) is 13.6 Å². The Morgan fingerprint density at radius 2 is 1.72 bits per heavy atom. The second-order valence-corrected chi connectivity index (χ2v) is 8.40. The average molecular weight is 429 g/mol. The molecule has 8 heteroatoms. The molecule has 2 aromatic carbocycles. The van der Waals surface area contributed by atoms with Crippen molar-refractivity contribution in [2.45, 2.75) is 26.0 Å². The van der Waals surface area contributed by atoms with Crippen LogP contribution in [0.5, 0.6) is 11.8 Å². The predicted molar refractivity (Wildman–Crippen MR) is 122 cm³/mol. The lowest BCUT2D eigenvalue weighted by molar-refractivity contribution is 0.0616. The van der Waals surface area contributed by atoms with Crippen molar-refractivity contribution in [1.82, 2.24) is 23.7 Å². The highest BCUT2D eigenvalue weighted by Crippen LogP contribution is 2.26. The predicted octanol–water partition coefficient (Wildman–Crippen LogP) is 3.64. The van der Waals surface area contributed by atoms with Crippen LogP contribution in [0.3, 0.4) is 0 Å². The maximum atomic E-state index is 13.2. The van der Waals surface area contributed by atoms with Crippen LogP contribution in [0.1, 0.15) is 13.8 Å². The van der Waals surface area contributed by atoms with E-state index in [1.807, 2.05) is 54.1 Å². The fourth-order valence-corrected chi connectivity index (χ4v) is 3.84. The number of fused-ring (bicyclic) bond motifs is 2. The van der Waals surface area contributed by atoms with Gasteiger partial charge in [0.1, 0.15) is 5.75 Å². The molecule has 0 fully saturated rings. The van der Waals surface area contributed by atoms with E-state index in [1.165, 1.54) is 0 Å². The van der Waals surface area contributed by atoms with E-state index in [0.717, 1.165) is 11.0 Å². The standard InChI is InChI=1S/C24H23N5O3/c1-24(2,31)15-28-20-9-6-14-25-21(20)29(23(28)30)16-10-12-17(13-11-16)32-22-26-18-7-4-5-8-19(18)27(22)3/h4-14,31H,15H2,1-3H3. The van der Waals surface area contributed by atoms with E-state index >= 15 is 0 Å². The van der Waals surface area contributed by atoms with Crippen molar-refractivity contribution < 1.29 is 9.84 Å². The summed E-state index contributed by atoms with van der Waals surface area (Å²) in [5, 5.41) is 10.3. The molecular weight excluding hydrogens is 406 g/mol. The second kappa shape index (κ2) is 7.35. The van der Waals surface area contributed by atoms with Gasteiger partial charge in [0.2, 0.25) is 0 Å². The van der Waals surface area contributed by atoms with Crippen LogP contribution in [0.2, 0.25) is 0 Å². The Labute approximate surface area is 184 Å². The van der Waals surface area contributed by atoms with Crippen LogP contribution >= 0.6 is 0 Å². The molecule has 0 unspecified atom stereocenters. The van der Waals surface area contributed by atoms with Crippen molar-refractivity contribution in [2.75, 3.05) is 0 Å². The SMILES string of the molecule is Cn1c(Oc2ccc(-n3c(=O)n(CC(C)(C)O)c4cccnc43)cc2)nc2ccccc21. The monoisotopic (exact) mass is 429 g/mol. The average Bonchev–Trinajstić information content (AvgIpc) is 3.22. The first kappa shape index (κ1) is 20.0. The number of benzene rings is 2. The molecular formula is C24H23N5O3. The zero-order valence-electron chi connectivity index (χ0n) is 18.1. The summed E-state index contributed by atoms with van der Waals surface area (Å²) >= 11 is 0. The summed E-state index contributed by atoms with van der Waals surface area (Å²) in [6, 6.07) is 19.1. The van der Waals surface area contributed by atoms with Crippen LogP contribution in [0, 0.1) is 0 Å². The van der Waals surface area contributed by atoms with Gasteiger partial charge >= 0.3 is 11.7 Å². The number of rotatable bonds is 5. The molecule has 0 amide bonds. The molecule has 0 bridgehead atoms. The molecule has 3 aromatic heterocycles. The number of imidazole rings is 2. The highest BCUT2D eigenvalue weighted by atomic mass is 16.5. The second-order valence-electron chi connectivity index (χ2n) is 8.40. The minimum absolute atomic E-state index is 0.162. The fraction of sp³-hybridized carbons (Fsp3) is 0.208. The molecule has 0 saturated heterocycles. The third-order valence-electron chi connectivity index (χ3n) is 5.29. The van der Waals surface area contributed by atoms with Crippen molar-refractivity contribution in [3.8, 4) is 17.4 Å². The van der Waals surface area contributed by atoms with Gasteiger partial charge in [-0.25, -0.2) is 14.3 Å². The number of hydrogen-bond donors (Lipinski definition) is 1. The van der Waals surface area contributed by atoms with Crippen LogP contribution in [0.25, 0.3) is 27.9 Å². The Morgan fingerprint density at radius 3 is 2.44 bits per heavy atom. The minimum Gasteiger partial charge on any atom is -0.425 e. The molecule has 8 nitrogen and oxygen atoms in total. The van der Waals surface area contributed by atoms with E-state index in [-0.39, 0.29) is 12.2 Å². The highest BCUT2D eigenvalue weighted by Gasteiger charge is 2.21. The van der Waals surface area contributed by atoms with Gasteiger partial charge in [0, 0.05) is 13.2 Å². The Kier molecular flexibility index (Phi) is 4.60. The normalized spacial score (nSPS) is 12.0. The van der Waals surface area contributed by atoms with Gasteiger partial charge in [0.25, 0.3) is 0 Å². The maximum Gasteiger partial charge on any atom is 0.335 e. The lowest BCUT2D eigenvalue weighted by atomic mass is 10.1. The zero-order valence-corrected chi connectivity index (χ0v) is 18.1. The van der Waals surface area contributed by atoms with Crippen molar-refractivity contribution in [3.05, 3.63) is 77.3 Å². The largest absolute Gasteiger partial charge is 0.425 e. The molecule has 32 heavy (non-hydrogen) atoms. The summed E-state index contributed by atoms with van der Waals surface area (Å²) < 4.78 is 11.0. The minimum atomic E-state index is -1.04. The van der Waals surface area contributed by atoms with E-state index in [2.05, 4.69) is 9.97 Å². The van der Waals surface area contributed by atoms with Gasteiger partial charge < -0.3 is 9.84 Å². The third kappa shape index (κ3) is 3.44. The number of aliphatic hydroxyl groups is 1. The summed E-state index contributed by atoms with van der Waals surface area (Å²) in [7, 11) is 1.90. The van der Waals surface area contributed by atoms with E-state index in [0.29, 0.717) is 28.6 Å². The first-order valence-electron chi connectivity index (χ1n) is 10.3. The first-order valence-corrected chi connectivity index (χ1v) is 10.3. The van der Waals surface area contributed by atoms with Crippen LogP contribution < -0.4 is 10.4 Å². The molecule has 0 radical (unpaired) electrons. The molecule has 1 N–H and O–H groups in total. The van der Waals surface area contributed by atoms with E-state index in [4.69, 9.17) is 4.74 Å². The topological polar surface area (TPSA) is 87.1 Å². The Bertz CT molecular complexity index is 1490. The van der Waals surface area contributed by atoms with Crippen molar-refractivity contribution in [2.24, 2.45) is 7.05 Å². The van der Waals surface area contributed by atoms with Crippen molar-refractivity contribution >= 4 is 22.2 Å². The number of nitrogens with zero attached hydrogens (tertiary/aromatic N) is 5. The fourth-order valence-electron chi connectivity index (χ4n) is 3.84. The van der Waals surface area contributed by atoms with Gasteiger partial charge in [0.05, 0.1) is 34.4 Å². The summed E-state index contributed by atoms with van der Waals surface area (Å²) in [6.45, 7) is 3.51. The number of pyridine rings is 1. The molecule has 5 aromatic rings. The summed E-state index contributed by atoms with van der Waals surface area (Å²) in [6.07, 6.45) is 1.65. The maximum absolute atomic E-state index is 13.2. The quantitative estimate of drug-likeness (QED) is 0.461. The van der Waals surface area contributed by atoms with Gasteiger partial charge in [-0.3, -0.25) is 9.13 Å². The van der Waals surface area contributed by atoms with Crippen LogP contribution in [0.15, 0.2) is 71.7 Å². The molecule has 0 atom stereocenters. The van der Waals surface area contributed by atoms with Gasteiger partial charge in [0.15, 0.2) is 5.65 Å². The lowest BCUT2D eigenvalue weighted by Gasteiger charge is -2.17. The number of aromatic nitrogens is 5. The summed E-state index contributed by atoms with van der Waals surface area (Å²) in [4.78, 5) is 22.2. The zero-order chi connectivity index (χ0) is 22.5. The van der Waals surface area contributed by atoms with E-state index < -0.39 is 5.60 Å². The molecule has 0 saturated carbocycles. The molecule has 5 rings (SSSR count). The van der Waals surface area contributed by atoms with Gasteiger partial charge in [-0.15, -0.1) is 0 Å². The molecule has 0 aliphatic heterocycles. The molecule has 0 spiro atoms. The van der Waals surface area contributed by atoms with E-state index in [1.54, 1.807) is 47.4 Å². The van der Waals surface area contributed by atoms with Crippen LogP contribution in [-0.4, -0.2) is 34.4 Å². The summed E-state index contributed by atoms with van der Waals surface area (Å²) in [5.41, 5.74) is 2.40. The molecule has 0 aliphatic carbocycles. The smallest absolute Gasteiger partial charge is 0.335 e. The van der Waals surface area contributed by atoms with Gasteiger partial charge in [-0.05, 0) is 62.4 Å². The molecule has 162 valence electrons. The molecule has 3 heterocycles. The van der Waals surface area contributed by atoms with Gasteiger partial charge in [-0.2, -0.15) is 4.98 Å².